The third-order valence-electron chi connectivity index (χ3n) is 2.53. The van der Waals surface area contributed by atoms with Crippen molar-refractivity contribution in [3.63, 3.8) is 0 Å². The quantitative estimate of drug-likeness (QED) is 0.746. The fourth-order valence-corrected chi connectivity index (χ4v) is 2.51. The fraction of sp³-hybridized carbons (Fsp3) is 0.182. The van der Waals surface area contributed by atoms with Gasteiger partial charge in [0.1, 0.15) is 11.3 Å². The highest BCUT2D eigenvalue weighted by molar-refractivity contribution is 9.10. The maximum Gasteiger partial charge on any atom is 0.255 e. The van der Waals surface area contributed by atoms with Crippen molar-refractivity contribution in [1.29, 1.82) is 0 Å². The van der Waals surface area contributed by atoms with Gasteiger partial charge < -0.3 is 14.5 Å². The van der Waals surface area contributed by atoms with Crippen LogP contribution in [0.2, 0.25) is 0 Å². The lowest BCUT2D eigenvalue weighted by molar-refractivity contribution is 0.0963. The van der Waals surface area contributed by atoms with Gasteiger partial charge in [0.2, 0.25) is 0 Å². The summed E-state index contributed by atoms with van der Waals surface area (Å²) >= 11 is 7.40. The minimum absolute atomic E-state index is 0.153. The molecular weight excluding hydrogens is 304 g/mol. The van der Waals surface area contributed by atoms with E-state index in [1.165, 1.54) is 0 Å². The average molecular weight is 315 g/mol. The van der Waals surface area contributed by atoms with Crippen LogP contribution in [-0.4, -0.2) is 13.0 Å². The lowest BCUT2D eigenvalue weighted by Crippen LogP contribution is -2.18. The summed E-state index contributed by atoms with van der Waals surface area (Å²) in [5, 5.41) is 3.38. The zero-order valence-corrected chi connectivity index (χ0v) is 11.8. The van der Waals surface area contributed by atoms with Crippen LogP contribution in [0, 0.1) is 6.92 Å². The Kier molecular flexibility index (Phi) is 3.35. The number of rotatable bonds is 2. The second-order valence-electron chi connectivity index (χ2n) is 3.55. The van der Waals surface area contributed by atoms with E-state index in [4.69, 9.17) is 4.42 Å². The Morgan fingerprint density at radius 1 is 1.47 bits per heavy atom. The van der Waals surface area contributed by atoms with Crippen molar-refractivity contribution >= 4 is 51.3 Å². The Morgan fingerprint density at radius 2 is 2.18 bits per heavy atom. The Bertz CT molecular complexity index is 595. The summed E-state index contributed by atoms with van der Waals surface area (Å²) in [6.45, 7) is 1.77. The number of fused-ring (bicyclic) bond motifs is 1. The summed E-state index contributed by atoms with van der Waals surface area (Å²) in [5.41, 5.74) is 2.01. The second kappa shape index (κ2) is 4.62. The van der Waals surface area contributed by atoms with E-state index < -0.39 is 0 Å². The zero-order valence-electron chi connectivity index (χ0n) is 9.30. The highest BCUT2D eigenvalue weighted by Gasteiger charge is 2.18. The van der Waals surface area contributed by atoms with Crippen molar-refractivity contribution in [1.82, 2.24) is 5.32 Å². The molecule has 6 heteroatoms. The Morgan fingerprint density at radius 3 is 2.76 bits per heavy atom. The van der Waals surface area contributed by atoms with Gasteiger partial charge in [0.25, 0.3) is 5.91 Å². The number of carbonyl (C=O) groups is 1. The normalized spacial score (nSPS) is 10.6. The van der Waals surface area contributed by atoms with E-state index in [1.807, 2.05) is 6.07 Å². The van der Waals surface area contributed by atoms with Gasteiger partial charge in [-0.1, -0.05) is 12.8 Å². The van der Waals surface area contributed by atoms with Crippen LogP contribution in [0.5, 0.6) is 0 Å². The summed E-state index contributed by atoms with van der Waals surface area (Å²) < 4.78 is 9.14. The molecule has 0 bridgehead atoms. The molecule has 0 unspecified atom stereocenters. The molecule has 4 nitrogen and oxygen atoms in total. The number of halogens is 1. The minimum atomic E-state index is -0.153. The van der Waals surface area contributed by atoms with Crippen LogP contribution in [0.3, 0.4) is 0 Å². The van der Waals surface area contributed by atoms with E-state index in [2.05, 4.69) is 38.8 Å². The molecule has 0 saturated heterocycles. The fourth-order valence-electron chi connectivity index (χ4n) is 1.73. The third-order valence-corrected chi connectivity index (χ3v) is 3.43. The molecule has 1 amide bonds. The number of anilines is 1. The second-order valence-corrected chi connectivity index (χ2v) is 4.63. The molecule has 0 aliphatic carbocycles. The average Bonchev–Trinajstić information content (AvgIpc) is 2.62. The van der Waals surface area contributed by atoms with E-state index in [9.17, 15) is 4.79 Å². The minimum Gasteiger partial charge on any atom is -0.460 e. The van der Waals surface area contributed by atoms with Crippen LogP contribution in [0.15, 0.2) is 21.0 Å². The van der Waals surface area contributed by atoms with Gasteiger partial charge in [-0.15, -0.1) is 0 Å². The van der Waals surface area contributed by atoms with Gasteiger partial charge in [0.15, 0.2) is 0 Å². The molecule has 0 fully saturated rings. The van der Waals surface area contributed by atoms with Gasteiger partial charge in [0.05, 0.1) is 11.3 Å². The van der Waals surface area contributed by atoms with Crippen LogP contribution < -0.4 is 10.0 Å². The first kappa shape index (κ1) is 12.3. The zero-order chi connectivity index (χ0) is 12.6. The summed E-state index contributed by atoms with van der Waals surface area (Å²) in [6, 6.07) is 3.64. The van der Waals surface area contributed by atoms with Crippen molar-refractivity contribution in [2.75, 3.05) is 11.8 Å². The van der Waals surface area contributed by atoms with Crippen molar-refractivity contribution in [3.05, 3.63) is 27.9 Å². The molecule has 0 spiro atoms. The molecule has 1 aromatic carbocycles. The molecule has 90 valence electrons. The standard InChI is InChI=1S/C11H11BrN2O2S/c1-5-10(11(15)13-2)6-3-7(12)8(14-17)4-9(6)16-5/h3-4,14,17H,1-2H3,(H,13,15). The highest BCUT2D eigenvalue weighted by atomic mass is 79.9. The molecule has 17 heavy (non-hydrogen) atoms. The molecule has 2 aromatic rings. The first-order chi connectivity index (χ1) is 8.08. The number of carbonyl (C=O) groups excluding carboxylic acids is 1. The van der Waals surface area contributed by atoms with Crippen LogP contribution in [-0.2, 0) is 0 Å². The molecule has 1 heterocycles. The van der Waals surface area contributed by atoms with Gasteiger partial charge in [-0.3, -0.25) is 4.79 Å². The van der Waals surface area contributed by atoms with Gasteiger partial charge >= 0.3 is 0 Å². The summed E-state index contributed by atoms with van der Waals surface area (Å²) in [7, 11) is 1.60. The molecular formula is C11H11BrN2O2S. The molecule has 1 aromatic heterocycles. The lowest BCUT2D eigenvalue weighted by atomic mass is 10.1. The van der Waals surface area contributed by atoms with Gasteiger partial charge in [-0.25, -0.2) is 0 Å². The summed E-state index contributed by atoms with van der Waals surface area (Å²) in [6.07, 6.45) is 0. The number of amides is 1. The number of benzene rings is 1. The van der Waals surface area contributed by atoms with Crippen LogP contribution >= 0.6 is 28.7 Å². The first-order valence-corrected chi connectivity index (χ1v) is 6.17. The van der Waals surface area contributed by atoms with Gasteiger partial charge in [0, 0.05) is 23.0 Å². The van der Waals surface area contributed by atoms with Gasteiger partial charge in [-0.2, -0.15) is 0 Å². The van der Waals surface area contributed by atoms with E-state index >= 15 is 0 Å². The molecule has 0 radical (unpaired) electrons. The van der Waals surface area contributed by atoms with Crippen molar-refractivity contribution < 1.29 is 9.21 Å². The number of aryl methyl sites for hydroxylation is 1. The van der Waals surface area contributed by atoms with Crippen LogP contribution in [0.4, 0.5) is 5.69 Å². The molecule has 0 saturated carbocycles. The topological polar surface area (TPSA) is 54.3 Å². The molecule has 0 aliphatic heterocycles. The summed E-state index contributed by atoms with van der Waals surface area (Å²) in [4.78, 5) is 11.8. The van der Waals surface area contributed by atoms with Crippen LogP contribution in [0.1, 0.15) is 16.1 Å². The number of nitrogens with one attached hydrogen (secondary N) is 2. The first-order valence-electron chi connectivity index (χ1n) is 4.93. The molecule has 2 N–H and O–H groups in total. The largest absolute Gasteiger partial charge is 0.460 e. The van der Waals surface area contributed by atoms with E-state index in [1.54, 1.807) is 20.0 Å². The number of hydrogen-bond donors (Lipinski definition) is 3. The van der Waals surface area contributed by atoms with Crippen molar-refractivity contribution in [2.45, 2.75) is 6.92 Å². The van der Waals surface area contributed by atoms with E-state index in [-0.39, 0.29) is 5.91 Å². The Hall–Kier alpha value is -1.14. The smallest absolute Gasteiger partial charge is 0.255 e. The maximum absolute atomic E-state index is 11.8. The number of hydrogen-bond acceptors (Lipinski definition) is 4. The van der Waals surface area contributed by atoms with Crippen molar-refractivity contribution in [3.8, 4) is 0 Å². The highest BCUT2D eigenvalue weighted by Crippen LogP contribution is 2.33. The van der Waals surface area contributed by atoms with E-state index in [0.717, 1.165) is 15.5 Å². The monoisotopic (exact) mass is 314 g/mol. The number of thiol groups is 1. The lowest BCUT2D eigenvalue weighted by Gasteiger charge is -2.02. The molecule has 0 atom stereocenters. The van der Waals surface area contributed by atoms with E-state index in [0.29, 0.717) is 16.9 Å². The maximum atomic E-state index is 11.8. The Labute approximate surface area is 112 Å². The summed E-state index contributed by atoms with van der Waals surface area (Å²) in [5.74, 6) is 0.447. The molecule has 0 aliphatic rings. The van der Waals surface area contributed by atoms with Crippen LogP contribution in [0.25, 0.3) is 11.0 Å². The predicted molar refractivity (Wildman–Crippen MR) is 74.6 cm³/mol. The predicted octanol–water partition coefficient (Wildman–Crippen LogP) is 3.12. The number of furan rings is 1. The Balaban J connectivity index is 2.74. The van der Waals surface area contributed by atoms with Crippen molar-refractivity contribution in [2.24, 2.45) is 0 Å². The molecule has 2 rings (SSSR count). The van der Waals surface area contributed by atoms with Gasteiger partial charge in [-0.05, 0) is 28.9 Å². The third kappa shape index (κ3) is 2.02. The SMILES string of the molecule is CNC(=O)c1c(C)oc2cc(NS)c(Br)cc12.